The highest BCUT2D eigenvalue weighted by atomic mass is 16.5. The Morgan fingerprint density at radius 2 is 2.00 bits per heavy atom. The van der Waals surface area contributed by atoms with Gasteiger partial charge in [0.15, 0.2) is 0 Å². The summed E-state index contributed by atoms with van der Waals surface area (Å²) in [5, 5.41) is 30.6. The lowest BCUT2D eigenvalue weighted by Crippen LogP contribution is -2.33. The van der Waals surface area contributed by atoms with Crippen LogP contribution in [0.1, 0.15) is 23.7 Å². The second-order valence-electron chi connectivity index (χ2n) is 4.97. The Labute approximate surface area is 135 Å². The average Bonchev–Trinajstić information content (AvgIpc) is 2.51. The zero-order valence-corrected chi connectivity index (χ0v) is 12.8. The molecule has 0 saturated carbocycles. The Bertz CT molecular complexity index is 857. The Morgan fingerprint density at radius 1 is 1.29 bits per heavy atom. The first-order chi connectivity index (χ1) is 11.3. The summed E-state index contributed by atoms with van der Waals surface area (Å²) < 4.78 is 5.42. The number of aromatic hydroxyl groups is 2. The minimum atomic E-state index is -1.30. The van der Waals surface area contributed by atoms with Crippen molar-refractivity contribution in [3.8, 4) is 17.2 Å². The molecule has 0 aliphatic rings. The number of phenolic OH excluding ortho intramolecular Hbond substituents is 1. The molecule has 0 saturated heterocycles. The molecule has 2 aromatic rings. The first kappa shape index (κ1) is 17.1. The standard InChI is InChI=1S/C15H16N2O7/c1-2-3-24-9-5-7(18)4-8-12(9)17-15(23)11(13(8)21)14(22)16-6-10(19)20/h4-5,18H,2-3,6H2,1H3,(H,16,22)(H,19,20)(H2,17,21,23). The normalized spacial score (nSPS) is 10.5. The molecular weight excluding hydrogens is 320 g/mol. The summed E-state index contributed by atoms with van der Waals surface area (Å²) in [5.74, 6) is -3.09. The molecule has 0 unspecified atom stereocenters. The Hall–Kier alpha value is -3.23. The van der Waals surface area contributed by atoms with Crippen molar-refractivity contribution >= 4 is 22.8 Å². The van der Waals surface area contributed by atoms with Gasteiger partial charge in [-0.25, -0.2) is 0 Å². The quantitative estimate of drug-likeness (QED) is 0.517. The molecule has 0 aliphatic heterocycles. The number of hydrogen-bond acceptors (Lipinski definition) is 6. The molecule has 1 aromatic carbocycles. The highest BCUT2D eigenvalue weighted by Gasteiger charge is 2.21. The van der Waals surface area contributed by atoms with Gasteiger partial charge in [-0.1, -0.05) is 6.92 Å². The van der Waals surface area contributed by atoms with E-state index in [0.717, 1.165) is 6.07 Å². The molecule has 1 aromatic heterocycles. The molecule has 0 aliphatic carbocycles. The van der Waals surface area contributed by atoms with E-state index < -0.39 is 35.3 Å². The van der Waals surface area contributed by atoms with Crippen LogP contribution in [0.15, 0.2) is 16.9 Å². The number of ether oxygens (including phenoxy) is 1. The number of aliphatic carboxylic acids is 1. The highest BCUT2D eigenvalue weighted by Crippen LogP contribution is 2.34. The summed E-state index contributed by atoms with van der Waals surface area (Å²) in [4.78, 5) is 36.9. The fraction of sp³-hybridized carbons (Fsp3) is 0.267. The van der Waals surface area contributed by atoms with Gasteiger partial charge in [-0.05, 0) is 12.5 Å². The zero-order valence-electron chi connectivity index (χ0n) is 12.8. The molecule has 0 radical (unpaired) electrons. The van der Waals surface area contributed by atoms with E-state index >= 15 is 0 Å². The summed E-state index contributed by atoms with van der Waals surface area (Å²) in [5.41, 5.74) is -1.43. The lowest BCUT2D eigenvalue weighted by atomic mass is 10.1. The fourth-order valence-electron chi connectivity index (χ4n) is 2.12. The number of aromatic amines is 1. The third-order valence-corrected chi connectivity index (χ3v) is 3.13. The zero-order chi connectivity index (χ0) is 17.9. The van der Waals surface area contributed by atoms with Crippen LogP contribution in [0.25, 0.3) is 10.9 Å². The molecule has 0 spiro atoms. The van der Waals surface area contributed by atoms with Crippen LogP contribution in [0.2, 0.25) is 0 Å². The van der Waals surface area contributed by atoms with Crippen LogP contribution < -0.4 is 15.6 Å². The molecule has 128 valence electrons. The van der Waals surface area contributed by atoms with Gasteiger partial charge in [-0.2, -0.15) is 0 Å². The number of benzene rings is 1. The maximum absolute atomic E-state index is 12.1. The molecule has 5 N–H and O–H groups in total. The molecule has 9 heteroatoms. The van der Waals surface area contributed by atoms with Crippen molar-refractivity contribution in [2.24, 2.45) is 0 Å². The lowest BCUT2D eigenvalue weighted by molar-refractivity contribution is -0.135. The van der Waals surface area contributed by atoms with Crippen LogP contribution in [0.4, 0.5) is 0 Å². The van der Waals surface area contributed by atoms with Crippen LogP contribution in [-0.4, -0.2) is 45.3 Å². The van der Waals surface area contributed by atoms with Gasteiger partial charge in [0.2, 0.25) is 0 Å². The van der Waals surface area contributed by atoms with Crippen molar-refractivity contribution in [1.29, 1.82) is 0 Å². The van der Waals surface area contributed by atoms with Crippen molar-refractivity contribution in [2.75, 3.05) is 13.2 Å². The van der Waals surface area contributed by atoms with Crippen LogP contribution in [-0.2, 0) is 4.79 Å². The van der Waals surface area contributed by atoms with Gasteiger partial charge in [0.1, 0.15) is 29.4 Å². The summed E-state index contributed by atoms with van der Waals surface area (Å²) in [6.07, 6.45) is 0.684. The monoisotopic (exact) mass is 336 g/mol. The van der Waals surface area contributed by atoms with Gasteiger partial charge < -0.3 is 30.4 Å². The molecule has 0 fully saturated rings. The molecular formula is C15H16N2O7. The number of nitrogens with one attached hydrogen (secondary N) is 2. The maximum atomic E-state index is 12.1. The third-order valence-electron chi connectivity index (χ3n) is 3.13. The fourth-order valence-corrected chi connectivity index (χ4v) is 2.12. The van der Waals surface area contributed by atoms with Gasteiger partial charge in [0.05, 0.1) is 12.1 Å². The smallest absolute Gasteiger partial charge is 0.322 e. The van der Waals surface area contributed by atoms with Gasteiger partial charge >= 0.3 is 5.97 Å². The maximum Gasteiger partial charge on any atom is 0.322 e. The van der Waals surface area contributed by atoms with Crippen LogP contribution >= 0.6 is 0 Å². The topological polar surface area (TPSA) is 149 Å². The number of carbonyl (C=O) groups is 2. The number of fused-ring (bicyclic) bond motifs is 1. The van der Waals surface area contributed by atoms with E-state index in [4.69, 9.17) is 9.84 Å². The van der Waals surface area contributed by atoms with E-state index in [9.17, 15) is 24.6 Å². The van der Waals surface area contributed by atoms with Crippen molar-refractivity contribution in [3.63, 3.8) is 0 Å². The van der Waals surface area contributed by atoms with Crippen molar-refractivity contribution in [1.82, 2.24) is 10.3 Å². The first-order valence-corrected chi connectivity index (χ1v) is 7.09. The van der Waals surface area contributed by atoms with Gasteiger partial charge in [0.25, 0.3) is 11.5 Å². The second kappa shape index (κ2) is 6.90. The number of carboxylic acids is 1. The SMILES string of the molecule is CCCOc1cc(O)cc2c(O)c(C(=O)NCC(=O)O)c(=O)[nH]c12. The van der Waals surface area contributed by atoms with Crippen molar-refractivity contribution < 1.29 is 29.6 Å². The van der Waals surface area contributed by atoms with Gasteiger partial charge in [0, 0.05) is 11.5 Å². The number of hydrogen-bond donors (Lipinski definition) is 5. The molecule has 0 bridgehead atoms. The van der Waals surface area contributed by atoms with Crippen LogP contribution in [0.3, 0.4) is 0 Å². The van der Waals surface area contributed by atoms with Gasteiger partial charge in [-0.3, -0.25) is 14.4 Å². The van der Waals surface area contributed by atoms with Crippen molar-refractivity contribution in [2.45, 2.75) is 13.3 Å². The Balaban J connectivity index is 2.59. The second-order valence-corrected chi connectivity index (χ2v) is 4.97. The minimum Gasteiger partial charge on any atom is -0.508 e. The first-order valence-electron chi connectivity index (χ1n) is 7.09. The number of phenols is 1. The third kappa shape index (κ3) is 3.40. The molecule has 9 nitrogen and oxygen atoms in total. The minimum absolute atomic E-state index is 0.00109. The molecule has 1 heterocycles. The van der Waals surface area contributed by atoms with Gasteiger partial charge in [-0.15, -0.1) is 0 Å². The predicted molar refractivity (Wildman–Crippen MR) is 83.7 cm³/mol. The summed E-state index contributed by atoms with van der Waals surface area (Å²) in [6.45, 7) is 1.49. The number of pyridine rings is 1. The van der Waals surface area contributed by atoms with E-state index in [2.05, 4.69) is 4.98 Å². The molecule has 1 amide bonds. The van der Waals surface area contributed by atoms with E-state index in [1.807, 2.05) is 12.2 Å². The average molecular weight is 336 g/mol. The van der Waals surface area contributed by atoms with Crippen LogP contribution in [0, 0.1) is 0 Å². The number of rotatable bonds is 6. The van der Waals surface area contributed by atoms with E-state index in [1.54, 1.807) is 0 Å². The molecule has 2 rings (SSSR count). The Morgan fingerprint density at radius 3 is 2.62 bits per heavy atom. The van der Waals surface area contributed by atoms with E-state index in [0.29, 0.717) is 13.0 Å². The largest absolute Gasteiger partial charge is 0.508 e. The predicted octanol–water partition coefficient (Wildman–Crippen LogP) is 0.543. The molecule has 24 heavy (non-hydrogen) atoms. The van der Waals surface area contributed by atoms with Crippen LogP contribution in [0.5, 0.6) is 17.2 Å². The summed E-state index contributed by atoms with van der Waals surface area (Å²) in [7, 11) is 0. The molecule has 0 atom stereocenters. The summed E-state index contributed by atoms with van der Waals surface area (Å²) in [6, 6.07) is 2.44. The number of H-pyrrole nitrogens is 1. The Kier molecular flexibility index (Phi) is 4.93. The number of carbonyl (C=O) groups excluding carboxylic acids is 1. The number of amides is 1. The highest BCUT2D eigenvalue weighted by molar-refractivity contribution is 6.04. The number of carboxylic acid groups (broad SMARTS) is 1. The number of aromatic nitrogens is 1. The van der Waals surface area contributed by atoms with E-state index in [1.165, 1.54) is 6.07 Å². The van der Waals surface area contributed by atoms with E-state index in [-0.39, 0.29) is 22.4 Å². The van der Waals surface area contributed by atoms with Crippen molar-refractivity contribution in [3.05, 3.63) is 28.0 Å². The summed E-state index contributed by atoms with van der Waals surface area (Å²) >= 11 is 0. The lowest BCUT2D eigenvalue weighted by Gasteiger charge is -2.12.